The Balaban J connectivity index is 1.87. The van der Waals surface area contributed by atoms with E-state index in [9.17, 15) is 0 Å². The summed E-state index contributed by atoms with van der Waals surface area (Å²) in [5.74, 6) is 0.841. The van der Waals surface area contributed by atoms with Gasteiger partial charge in [-0.1, -0.05) is 42.2 Å². The smallest absolute Gasteiger partial charge is 0.206 e. The van der Waals surface area contributed by atoms with Gasteiger partial charge in [-0.2, -0.15) is 5.26 Å². The van der Waals surface area contributed by atoms with Crippen molar-refractivity contribution in [2.75, 3.05) is 11.9 Å². The zero-order valence-corrected chi connectivity index (χ0v) is 12.2. The highest BCUT2D eigenvalue weighted by Crippen LogP contribution is 2.28. The van der Waals surface area contributed by atoms with Crippen LogP contribution in [-0.2, 0) is 5.75 Å². The van der Waals surface area contributed by atoms with Crippen molar-refractivity contribution in [2.24, 2.45) is 0 Å². The van der Waals surface area contributed by atoms with Gasteiger partial charge in [-0.3, -0.25) is 0 Å². The number of nitrogens with zero attached hydrogens (tertiary/aromatic N) is 3. The van der Waals surface area contributed by atoms with E-state index in [2.05, 4.69) is 28.5 Å². The predicted molar refractivity (Wildman–Crippen MR) is 79.4 cm³/mol. The fourth-order valence-electron chi connectivity index (χ4n) is 1.39. The number of nitrogens with one attached hydrogen (secondary N) is 1. The number of hydrogen-bond acceptors (Lipinski definition) is 6. The van der Waals surface area contributed by atoms with Gasteiger partial charge in [0.2, 0.25) is 5.13 Å². The molecule has 19 heavy (non-hydrogen) atoms. The lowest BCUT2D eigenvalue weighted by molar-refractivity contribution is 0.951. The maximum atomic E-state index is 8.73. The number of anilines is 1. The lowest BCUT2D eigenvalue weighted by atomic mass is 10.2. The Hall–Kier alpha value is -1.58. The number of thioether (sulfide) groups is 1. The summed E-state index contributed by atoms with van der Waals surface area (Å²) in [5.41, 5.74) is 1.87. The molecule has 98 valence electrons. The van der Waals surface area contributed by atoms with Gasteiger partial charge in [0, 0.05) is 12.3 Å². The summed E-state index contributed by atoms with van der Waals surface area (Å²) >= 11 is 3.24. The van der Waals surface area contributed by atoms with Crippen LogP contribution in [0.2, 0.25) is 0 Å². The number of benzene rings is 1. The van der Waals surface area contributed by atoms with E-state index >= 15 is 0 Å². The number of aromatic nitrogens is 2. The van der Waals surface area contributed by atoms with Crippen LogP contribution in [0.3, 0.4) is 0 Å². The van der Waals surface area contributed by atoms with Crippen LogP contribution in [0.5, 0.6) is 0 Å². The molecule has 4 nitrogen and oxygen atoms in total. The van der Waals surface area contributed by atoms with E-state index in [-0.39, 0.29) is 0 Å². The molecule has 1 aromatic carbocycles. The van der Waals surface area contributed by atoms with Crippen molar-refractivity contribution < 1.29 is 0 Å². The molecule has 1 heterocycles. The molecule has 0 aliphatic rings. The molecule has 1 aromatic heterocycles. The van der Waals surface area contributed by atoms with Crippen molar-refractivity contribution in [3.63, 3.8) is 0 Å². The van der Waals surface area contributed by atoms with Crippen LogP contribution in [0.25, 0.3) is 0 Å². The summed E-state index contributed by atoms with van der Waals surface area (Å²) in [6, 6.07) is 9.74. The summed E-state index contributed by atoms with van der Waals surface area (Å²) in [4.78, 5) is 0. The quantitative estimate of drug-likeness (QED) is 0.825. The molecule has 2 aromatic rings. The van der Waals surface area contributed by atoms with Gasteiger partial charge in [0.1, 0.15) is 0 Å². The summed E-state index contributed by atoms with van der Waals surface area (Å²) in [5, 5.41) is 21.1. The zero-order chi connectivity index (χ0) is 13.5. The fourth-order valence-corrected chi connectivity index (χ4v) is 3.13. The second kappa shape index (κ2) is 7.12. The van der Waals surface area contributed by atoms with E-state index in [1.54, 1.807) is 23.1 Å². The van der Waals surface area contributed by atoms with Crippen LogP contribution in [0.15, 0.2) is 28.6 Å². The van der Waals surface area contributed by atoms with E-state index in [0.29, 0.717) is 5.56 Å². The van der Waals surface area contributed by atoms with Crippen molar-refractivity contribution >= 4 is 28.2 Å². The van der Waals surface area contributed by atoms with Gasteiger partial charge in [0.25, 0.3) is 0 Å². The topological polar surface area (TPSA) is 61.6 Å². The average molecular weight is 290 g/mol. The van der Waals surface area contributed by atoms with Crippen LogP contribution in [0.4, 0.5) is 5.13 Å². The van der Waals surface area contributed by atoms with E-state index in [1.807, 2.05) is 24.3 Å². The Bertz CT molecular complexity index is 557. The molecule has 6 heteroatoms. The molecular weight excluding hydrogens is 276 g/mol. The molecule has 2 rings (SSSR count). The first-order chi connectivity index (χ1) is 9.31. The van der Waals surface area contributed by atoms with Crippen molar-refractivity contribution in [2.45, 2.75) is 23.4 Å². The summed E-state index contributed by atoms with van der Waals surface area (Å²) in [7, 11) is 0. The first-order valence-corrected chi connectivity index (χ1v) is 7.81. The minimum absolute atomic E-state index is 0.690. The van der Waals surface area contributed by atoms with Gasteiger partial charge in [-0.15, -0.1) is 10.2 Å². The number of nitriles is 1. The van der Waals surface area contributed by atoms with Crippen LogP contribution in [0, 0.1) is 11.3 Å². The minimum Gasteiger partial charge on any atom is -0.360 e. The van der Waals surface area contributed by atoms with E-state index in [1.165, 1.54) is 5.56 Å². The van der Waals surface area contributed by atoms with E-state index in [4.69, 9.17) is 5.26 Å². The standard InChI is InChI=1S/C13H14N4S2/c1-2-7-15-12-16-17-13(19-12)18-9-11-5-3-10(8-14)4-6-11/h3-6H,2,7,9H2,1H3,(H,15,16). The molecule has 0 spiro atoms. The third kappa shape index (κ3) is 4.23. The van der Waals surface area contributed by atoms with Gasteiger partial charge >= 0.3 is 0 Å². The fraction of sp³-hybridized carbons (Fsp3) is 0.308. The Kier molecular flexibility index (Phi) is 5.19. The maximum absolute atomic E-state index is 8.73. The second-order valence-electron chi connectivity index (χ2n) is 3.90. The molecule has 0 aliphatic heterocycles. The van der Waals surface area contributed by atoms with E-state index < -0.39 is 0 Å². The third-order valence-corrected chi connectivity index (χ3v) is 4.46. The van der Waals surface area contributed by atoms with E-state index in [0.717, 1.165) is 28.2 Å². The molecule has 0 unspecified atom stereocenters. The molecule has 0 saturated carbocycles. The first kappa shape index (κ1) is 13.8. The molecular formula is C13H14N4S2. The largest absolute Gasteiger partial charge is 0.360 e. The molecule has 0 radical (unpaired) electrons. The van der Waals surface area contributed by atoms with Crippen LogP contribution >= 0.6 is 23.1 Å². The zero-order valence-electron chi connectivity index (χ0n) is 10.6. The van der Waals surface area contributed by atoms with Crippen molar-refractivity contribution in [1.82, 2.24) is 10.2 Å². The average Bonchev–Trinajstić information content (AvgIpc) is 2.91. The molecule has 0 amide bonds. The second-order valence-corrected chi connectivity index (χ2v) is 6.10. The van der Waals surface area contributed by atoms with Crippen molar-refractivity contribution in [3.8, 4) is 6.07 Å². The van der Waals surface area contributed by atoms with Crippen LogP contribution in [-0.4, -0.2) is 16.7 Å². The summed E-state index contributed by atoms with van der Waals surface area (Å²) in [6.07, 6.45) is 1.08. The van der Waals surface area contributed by atoms with Gasteiger partial charge in [0.05, 0.1) is 11.6 Å². The molecule has 0 atom stereocenters. The monoisotopic (exact) mass is 290 g/mol. The summed E-state index contributed by atoms with van der Waals surface area (Å²) in [6.45, 7) is 3.05. The minimum atomic E-state index is 0.690. The highest BCUT2D eigenvalue weighted by Gasteiger charge is 2.04. The van der Waals surface area contributed by atoms with Crippen LogP contribution in [0.1, 0.15) is 24.5 Å². The van der Waals surface area contributed by atoms with Gasteiger partial charge in [-0.05, 0) is 24.1 Å². The Morgan fingerprint density at radius 3 is 2.79 bits per heavy atom. The number of rotatable bonds is 6. The number of hydrogen-bond donors (Lipinski definition) is 1. The van der Waals surface area contributed by atoms with Gasteiger partial charge < -0.3 is 5.32 Å². The van der Waals surface area contributed by atoms with Crippen LogP contribution < -0.4 is 5.32 Å². The first-order valence-electron chi connectivity index (χ1n) is 6.01. The normalized spacial score (nSPS) is 10.1. The van der Waals surface area contributed by atoms with Gasteiger partial charge in [0.15, 0.2) is 4.34 Å². The Morgan fingerprint density at radius 1 is 1.32 bits per heavy atom. The highest BCUT2D eigenvalue weighted by molar-refractivity contribution is 8.00. The Morgan fingerprint density at radius 2 is 2.11 bits per heavy atom. The SMILES string of the molecule is CCCNc1nnc(SCc2ccc(C#N)cc2)s1. The summed E-state index contributed by atoms with van der Waals surface area (Å²) < 4.78 is 0.961. The third-order valence-electron chi connectivity index (χ3n) is 2.38. The molecule has 0 bridgehead atoms. The lowest BCUT2D eigenvalue weighted by Crippen LogP contribution is -1.98. The highest BCUT2D eigenvalue weighted by atomic mass is 32.2. The van der Waals surface area contributed by atoms with Crippen molar-refractivity contribution in [1.29, 1.82) is 5.26 Å². The molecule has 0 aliphatic carbocycles. The van der Waals surface area contributed by atoms with Crippen molar-refractivity contribution in [3.05, 3.63) is 35.4 Å². The van der Waals surface area contributed by atoms with Gasteiger partial charge in [-0.25, -0.2) is 0 Å². The maximum Gasteiger partial charge on any atom is 0.206 e. The molecule has 0 fully saturated rings. The molecule has 0 saturated heterocycles. The lowest BCUT2D eigenvalue weighted by Gasteiger charge is -1.98. The predicted octanol–water partition coefficient (Wildman–Crippen LogP) is 3.52. The molecule has 1 N–H and O–H groups in total. The Labute approximate surface area is 120 Å².